The molecule has 9 nitrogen and oxygen atoms in total. The first kappa shape index (κ1) is 47.9. The van der Waals surface area contributed by atoms with Crippen LogP contribution < -0.4 is 25.1 Å². The number of amides is 3. The Morgan fingerprint density at radius 2 is 1.69 bits per heavy atom. The summed E-state index contributed by atoms with van der Waals surface area (Å²) < 4.78 is 20.2. The van der Waals surface area contributed by atoms with Crippen LogP contribution in [0, 0.1) is 11.8 Å². The molecule has 0 aromatic heterocycles. The van der Waals surface area contributed by atoms with Crippen LogP contribution in [-0.4, -0.2) is 73.9 Å². The van der Waals surface area contributed by atoms with Gasteiger partial charge in [-0.1, -0.05) is 66.7 Å². The third-order valence-corrected chi connectivity index (χ3v) is 20.4. The SMILES string of the molecule is CC(C)(CCCCCCCl)c1cc2c(c(O[Si](C)(C)C(C)(C)C)c1)[C@@H]1C[C@H](COC(=O)CCCCCNC(=O)CCCC[C@@H]3SC[C@@H]4NC(=O)N[C@@H]43)CC[C@H]1C(C)(C)O2. The van der Waals surface area contributed by atoms with Crippen LogP contribution in [0.2, 0.25) is 18.1 Å². The molecule has 3 N–H and O–H groups in total. The number of fused-ring (bicyclic) bond motifs is 4. The molecule has 1 aliphatic carbocycles. The highest BCUT2D eigenvalue weighted by molar-refractivity contribution is 8.00. The molecular formula is C47H78ClN3O6SSi. The summed E-state index contributed by atoms with van der Waals surface area (Å²) in [6, 6.07) is 5.09. The van der Waals surface area contributed by atoms with Gasteiger partial charge in [0.15, 0.2) is 0 Å². The van der Waals surface area contributed by atoms with E-state index in [1.807, 2.05) is 11.8 Å². The van der Waals surface area contributed by atoms with E-state index in [1.54, 1.807) is 0 Å². The average Bonchev–Trinajstić information content (AvgIpc) is 3.71. The van der Waals surface area contributed by atoms with E-state index in [9.17, 15) is 14.4 Å². The summed E-state index contributed by atoms with van der Waals surface area (Å²) in [5, 5.41) is 9.55. The Bertz CT molecular complexity index is 1580. The number of esters is 1. The summed E-state index contributed by atoms with van der Waals surface area (Å²) in [7, 11) is -2.18. The predicted molar refractivity (Wildman–Crippen MR) is 246 cm³/mol. The molecule has 5 rings (SSSR count). The van der Waals surface area contributed by atoms with Crippen molar-refractivity contribution in [3.63, 3.8) is 0 Å². The van der Waals surface area contributed by atoms with Crippen LogP contribution in [0.5, 0.6) is 11.5 Å². The Morgan fingerprint density at radius 3 is 2.44 bits per heavy atom. The Labute approximate surface area is 367 Å². The van der Waals surface area contributed by atoms with Crippen LogP contribution >= 0.6 is 23.4 Å². The molecule has 4 aliphatic rings. The molecule has 0 spiro atoms. The van der Waals surface area contributed by atoms with Gasteiger partial charge in [-0.15, -0.1) is 11.6 Å². The summed E-state index contributed by atoms with van der Waals surface area (Å²) in [6.45, 7) is 21.9. The van der Waals surface area contributed by atoms with Gasteiger partial charge in [0.2, 0.25) is 14.2 Å². The smallest absolute Gasteiger partial charge is 0.315 e. The third kappa shape index (κ3) is 13.0. The highest BCUT2D eigenvalue weighted by atomic mass is 35.5. The molecule has 3 fully saturated rings. The first-order chi connectivity index (χ1) is 27.8. The van der Waals surface area contributed by atoms with Crippen molar-refractivity contribution >= 4 is 49.6 Å². The average molecular weight is 877 g/mol. The fraction of sp³-hybridized carbons (Fsp3) is 0.809. The van der Waals surface area contributed by atoms with Gasteiger partial charge in [-0.3, -0.25) is 9.59 Å². The minimum Gasteiger partial charge on any atom is -0.543 e. The lowest BCUT2D eigenvalue weighted by Gasteiger charge is -2.50. The van der Waals surface area contributed by atoms with E-state index in [0.717, 1.165) is 93.8 Å². The molecule has 59 heavy (non-hydrogen) atoms. The van der Waals surface area contributed by atoms with Crippen LogP contribution in [0.4, 0.5) is 4.79 Å². The lowest BCUT2D eigenvalue weighted by atomic mass is 9.63. The maximum absolute atomic E-state index is 12.9. The van der Waals surface area contributed by atoms with E-state index in [4.69, 9.17) is 25.5 Å². The number of rotatable bonds is 22. The highest BCUT2D eigenvalue weighted by Crippen LogP contribution is 2.57. The number of unbranched alkanes of at least 4 members (excludes halogenated alkanes) is 6. The van der Waals surface area contributed by atoms with Crippen LogP contribution in [0.25, 0.3) is 0 Å². The van der Waals surface area contributed by atoms with Crippen molar-refractivity contribution in [2.75, 3.05) is 24.8 Å². The number of ether oxygens (including phenoxy) is 2. The van der Waals surface area contributed by atoms with Gasteiger partial charge >= 0.3 is 12.0 Å². The molecule has 0 radical (unpaired) electrons. The molecule has 1 saturated carbocycles. The van der Waals surface area contributed by atoms with Gasteiger partial charge in [-0.25, -0.2) is 4.79 Å². The number of benzene rings is 1. The summed E-state index contributed by atoms with van der Waals surface area (Å²) in [6.07, 6.45) is 15.0. The standard InChI is InChI=1S/C47H78ClN3O6SSi/c1-45(2,3)59(8,9)57-38-29-33(46(4,5)24-16-10-11-17-25-48)28-37-42(38)34-27-32(22-23-35(34)47(6,7)56-37)30-55-41(53)21-13-12-18-26-49-40(52)20-15-14-19-39-43-36(31-58-39)50-44(54)51-43/h28-29,32,34-36,39,43H,10-27,30-31H2,1-9H3,(H,49,52)(H2,50,51,54)/t32-,34-,35-,36+,39+,43+/m1/s1. The molecule has 334 valence electrons. The van der Waals surface area contributed by atoms with Crippen molar-refractivity contribution in [3.8, 4) is 11.5 Å². The largest absolute Gasteiger partial charge is 0.543 e. The second kappa shape index (κ2) is 20.8. The molecule has 3 amide bonds. The van der Waals surface area contributed by atoms with E-state index in [2.05, 4.69) is 89.6 Å². The summed E-state index contributed by atoms with van der Waals surface area (Å²) in [5.41, 5.74) is 2.16. The highest BCUT2D eigenvalue weighted by Gasteiger charge is 2.50. The van der Waals surface area contributed by atoms with E-state index in [-0.39, 0.29) is 57.9 Å². The topological polar surface area (TPSA) is 115 Å². The summed E-state index contributed by atoms with van der Waals surface area (Å²) in [4.78, 5) is 36.9. The summed E-state index contributed by atoms with van der Waals surface area (Å²) in [5.74, 6) is 4.55. The fourth-order valence-corrected chi connectivity index (χ4v) is 12.2. The van der Waals surface area contributed by atoms with E-state index < -0.39 is 8.32 Å². The van der Waals surface area contributed by atoms with E-state index in [1.165, 1.54) is 30.4 Å². The zero-order chi connectivity index (χ0) is 43.0. The van der Waals surface area contributed by atoms with Crippen LogP contribution in [-0.2, 0) is 19.7 Å². The molecular weight excluding hydrogens is 798 g/mol. The number of hydrogen-bond acceptors (Lipinski definition) is 7. The van der Waals surface area contributed by atoms with Gasteiger partial charge in [0.05, 0.1) is 18.7 Å². The first-order valence-electron chi connectivity index (χ1n) is 23.0. The number of alkyl halides is 1. The number of urea groups is 1. The van der Waals surface area contributed by atoms with Gasteiger partial charge in [0.1, 0.15) is 17.1 Å². The maximum atomic E-state index is 12.9. The molecule has 3 heterocycles. The monoisotopic (exact) mass is 876 g/mol. The molecule has 1 aromatic carbocycles. The Balaban J connectivity index is 1.09. The van der Waals surface area contributed by atoms with Crippen LogP contribution in [0.3, 0.4) is 0 Å². The molecule has 2 saturated heterocycles. The molecule has 0 unspecified atom stereocenters. The number of halogens is 1. The number of carbonyl (C=O) groups excluding carboxylic acids is 3. The Kier molecular flexibility index (Phi) is 16.9. The van der Waals surface area contributed by atoms with E-state index in [0.29, 0.717) is 37.2 Å². The minimum atomic E-state index is -2.18. The van der Waals surface area contributed by atoms with Gasteiger partial charge < -0.3 is 29.9 Å². The van der Waals surface area contributed by atoms with Crippen LogP contribution in [0.15, 0.2) is 12.1 Å². The van der Waals surface area contributed by atoms with E-state index >= 15 is 0 Å². The zero-order valence-corrected chi connectivity index (χ0v) is 40.6. The second-order valence-electron chi connectivity index (χ2n) is 20.8. The lowest BCUT2D eigenvalue weighted by molar-refractivity contribution is -0.146. The molecule has 6 atom stereocenters. The van der Waals surface area contributed by atoms with Crippen molar-refractivity contribution in [3.05, 3.63) is 23.3 Å². The van der Waals surface area contributed by atoms with Crippen molar-refractivity contribution < 1.29 is 28.3 Å². The van der Waals surface area contributed by atoms with Gasteiger partial charge in [-0.2, -0.15) is 11.8 Å². The normalized spacial score (nSPS) is 24.9. The maximum Gasteiger partial charge on any atom is 0.315 e. The number of hydrogen-bond donors (Lipinski definition) is 3. The lowest BCUT2D eigenvalue weighted by Crippen LogP contribution is -2.48. The number of carbonyl (C=O) groups is 3. The fourth-order valence-electron chi connectivity index (χ4n) is 9.48. The van der Waals surface area contributed by atoms with Gasteiger partial charge in [-0.05, 0) is 125 Å². The Morgan fingerprint density at radius 1 is 0.966 bits per heavy atom. The van der Waals surface area contributed by atoms with Crippen molar-refractivity contribution in [1.82, 2.24) is 16.0 Å². The third-order valence-electron chi connectivity index (χ3n) is 14.3. The van der Waals surface area contributed by atoms with Gasteiger partial charge in [0.25, 0.3) is 0 Å². The Hall–Kier alpha value is -2.11. The second-order valence-corrected chi connectivity index (χ2v) is 27.2. The van der Waals surface area contributed by atoms with Crippen molar-refractivity contribution in [1.29, 1.82) is 0 Å². The van der Waals surface area contributed by atoms with Crippen molar-refractivity contribution in [2.24, 2.45) is 11.8 Å². The molecule has 1 aromatic rings. The minimum absolute atomic E-state index is 0.0293. The quantitative estimate of drug-likeness (QED) is 0.0349. The number of thioether (sulfide) groups is 1. The predicted octanol–water partition coefficient (Wildman–Crippen LogP) is 11.2. The number of nitrogens with one attached hydrogen (secondary N) is 3. The van der Waals surface area contributed by atoms with Crippen LogP contribution in [0.1, 0.15) is 168 Å². The molecule has 12 heteroatoms. The summed E-state index contributed by atoms with van der Waals surface area (Å²) >= 11 is 7.87. The van der Waals surface area contributed by atoms with Crippen molar-refractivity contribution in [2.45, 2.75) is 204 Å². The van der Waals surface area contributed by atoms with Gasteiger partial charge in [0, 0.05) is 47.8 Å². The molecule has 3 aliphatic heterocycles. The zero-order valence-electron chi connectivity index (χ0n) is 38.0. The molecule has 0 bridgehead atoms. The first-order valence-corrected chi connectivity index (χ1v) is 27.5.